The molecule has 0 bridgehead atoms. The number of aromatic nitrogens is 1. The summed E-state index contributed by atoms with van der Waals surface area (Å²) in [6.45, 7) is 6.79. The summed E-state index contributed by atoms with van der Waals surface area (Å²) in [7, 11) is 0. The summed E-state index contributed by atoms with van der Waals surface area (Å²) in [4.78, 5) is 0. The van der Waals surface area contributed by atoms with E-state index < -0.39 is 0 Å². The molecule has 0 atom stereocenters. The summed E-state index contributed by atoms with van der Waals surface area (Å²) < 4.78 is 2.51. The van der Waals surface area contributed by atoms with Crippen molar-refractivity contribution in [1.29, 1.82) is 0 Å². The van der Waals surface area contributed by atoms with Crippen LogP contribution in [0.2, 0.25) is 0 Å². The van der Waals surface area contributed by atoms with Gasteiger partial charge in [-0.15, -0.1) is 0 Å². The van der Waals surface area contributed by atoms with E-state index in [1.54, 1.807) is 11.3 Å². The molecule has 0 radical (unpaired) electrons. The van der Waals surface area contributed by atoms with E-state index in [9.17, 15) is 0 Å². The zero-order chi connectivity index (χ0) is 9.42. The Bertz CT molecular complexity index is 307. The van der Waals surface area contributed by atoms with Gasteiger partial charge < -0.3 is 4.57 Å². The summed E-state index contributed by atoms with van der Waals surface area (Å²) in [6, 6.07) is 3.01. The molecular formula is C12H19N. The number of nitrogens with zero attached hydrogens (tertiary/aromatic N) is 1. The predicted molar refractivity (Wildman–Crippen MR) is 56.2 cm³/mol. The summed E-state index contributed by atoms with van der Waals surface area (Å²) in [5.74, 6) is 0. The normalized spacial score (nSPS) is 16.3. The van der Waals surface area contributed by atoms with Gasteiger partial charge in [0.15, 0.2) is 0 Å². The average Bonchev–Trinajstić information content (AvgIpc) is 2.39. The number of hydrogen-bond acceptors (Lipinski definition) is 0. The van der Waals surface area contributed by atoms with Crippen molar-refractivity contribution in [2.75, 3.05) is 0 Å². The van der Waals surface area contributed by atoms with Crippen molar-refractivity contribution >= 4 is 0 Å². The molecule has 1 aromatic heterocycles. The summed E-state index contributed by atoms with van der Waals surface area (Å²) in [5.41, 5.74) is 4.66. The van der Waals surface area contributed by atoms with Crippen LogP contribution in [-0.4, -0.2) is 4.57 Å². The highest BCUT2D eigenvalue weighted by Crippen LogP contribution is 2.27. The quantitative estimate of drug-likeness (QED) is 0.620. The van der Waals surface area contributed by atoms with Crippen molar-refractivity contribution in [1.82, 2.24) is 4.57 Å². The molecule has 0 aromatic carbocycles. The minimum Gasteiger partial charge on any atom is -0.346 e. The van der Waals surface area contributed by atoms with Crippen LogP contribution in [-0.2, 0) is 12.8 Å². The predicted octanol–water partition coefficient (Wildman–Crippen LogP) is 3.26. The molecule has 1 aliphatic carbocycles. The van der Waals surface area contributed by atoms with E-state index in [0.29, 0.717) is 6.04 Å². The van der Waals surface area contributed by atoms with Crippen LogP contribution in [0.25, 0.3) is 0 Å². The maximum absolute atomic E-state index is 2.51. The van der Waals surface area contributed by atoms with Crippen LogP contribution in [0.4, 0.5) is 0 Å². The lowest BCUT2D eigenvalue weighted by atomic mass is 9.98. The lowest BCUT2D eigenvalue weighted by molar-refractivity contribution is 0.538. The van der Waals surface area contributed by atoms with E-state index in [2.05, 4.69) is 31.4 Å². The van der Waals surface area contributed by atoms with E-state index in [1.807, 2.05) is 0 Å². The van der Waals surface area contributed by atoms with Crippen LogP contribution in [0.15, 0.2) is 6.07 Å². The molecule has 1 aliphatic rings. The van der Waals surface area contributed by atoms with E-state index in [-0.39, 0.29) is 0 Å². The maximum atomic E-state index is 2.51. The fourth-order valence-electron chi connectivity index (χ4n) is 2.60. The van der Waals surface area contributed by atoms with Crippen LogP contribution in [0.1, 0.15) is 49.7 Å². The standard InChI is InChI=1S/C12H19N/c1-9(2)13-10(3)8-11-6-4-5-7-12(11)13/h8-9H,4-7H2,1-3H3. The van der Waals surface area contributed by atoms with Crippen molar-refractivity contribution in [3.8, 4) is 0 Å². The Labute approximate surface area is 80.8 Å². The highest BCUT2D eigenvalue weighted by molar-refractivity contribution is 5.30. The second-order valence-corrected chi connectivity index (χ2v) is 4.43. The van der Waals surface area contributed by atoms with Gasteiger partial charge in [-0.25, -0.2) is 0 Å². The molecule has 1 nitrogen and oxygen atoms in total. The number of rotatable bonds is 1. The molecule has 0 N–H and O–H groups in total. The SMILES string of the molecule is Cc1cc2c(n1C(C)C)CCCC2. The second kappa shape index (κ2) is 3.21. The van der Waals surface area contributed by atoms with Gasteiger partial charge in [0.2, 0.25) is 0 Å². The average molecular weight is 177 g/mol. The molecule has 0 aliphatic heterocycles. The van der Waals surface area contributed by atoms with Crippen molar-refractivity contribution in [3.63, 3.8) is 0 Å². The lowest BCUT2D eigenvalue weighted by Crippen LogP contribution is -2.11. The summed E-state index contributed by atoms with van der Waals surface area (Å²) in [6.07, 6.45) is 5.36. The summed E-state index contributed by atoms with van der Waals surface area (Å²) in [5, 5.41) is 0. The molecule has 0 amide bonds. The van der Waals surface area contributed by atoms with Gasteiger partial charge >= 0.3 is 0 Å². The monoisotopic (exact) mass is 177 g/mol. The molecule has 0 saturated carbocycles. The summed E-state index contributed by atoms with van der Waals surface area (Å²) >= 11 is 0. The van der Waals surface area contributed by atoms with Crippen molar-refractivity contribution in [2.24, 2.45) is 0 Å². The van der Waals surface area contributed by atoms with Gasteiger partial charge in [0, 0.05) is 17.4 Å². The largest absolute Gasteiger partial charge is 0.346 e. The van der Waals surface area contributed by atoms with E-state index in [1.165, 1.54) is 31.4 Å². The Balaban J connectivity index is 2.48. The molecule has 0 unspecified atom stereocenters. The highest BCUT2D eigenvalue weighted by Gasteiger charge is 2.17. The van der Waals surface area contributed by atoms with Gasteiger partial charge in [0.1, 0.15) is 0 Å². The van der Waals surface area contributed by atoms with Crippen LogP contribution in [0, 0.1) is 6.92 Å². The molecule has 0 spiro atoms. The first kappa shape index (κ1) is 8.86. The van der Waals surface area contributed by atoms with E-state index >= 15 is 0 Å². The van der Waals surface area contributed by atoms with E-state index in [0.717, 1.165) is 0 Å². The minimum atomic E-state index is 0.627. The minimum absolute atomic E-state index is 0.627. The van der Waals surface area contributed by atoms with Gasteiger partial charge in [-0.05, 0) is 58.1 Å². The van der Waals surface area contributed by atoms with Gasteiger partial charge in [0.05, 0.1) is 0 Å². The Kier molecular flexibility index (Phi) is 2.19. The highest BCUT2D eigenvalue weighted by atomic mass is 15.0. The molecule has 1 heteroatoms. The lowest BCUT2D eigenvalue weighted by Gasteiger charge is -2.19. The van der Waals surface area contributed by atoms with Crippen molar-refractivity contribution < 1.29 is 0 Å². The van der Waals surface area contributed by atoms with Gasteiger partial charge in [-0.1, -0.05) is 0 Å². The van der Waals surface area contributed by atoms with Crippen LogP contribution in [0.5, 0.6) is 0 Å². The third kappa shape index (κ3) is 1.41. The first-order chi connectivity index (χ1) is 6.20. The van der Waals surface area contributed by atoms with Crippen molar-refractivity contribution in [2.45, 2.75) is 52.5 Å². The van der Waals surface area contributed by atoms with E-state index in [4.69, 9.17) is 0 Å². The number of fused-ring (bicyclic) bond motifs is 1. The zero-order valence-electron chi connectivity index (χ0n) is 8.93. The van der Waals surface area contributed by atoms with Gasteiger partial charge in [0.25, 0.3) is 0 Å². The fourth-order valence-corrected chi connectivity index (χ4v) is 2.60. The Morgan fingerprint density at radius 3 is 2.62 bits per heavy atom. The van der Waals surface area contributed by atoms with Crippen LogP contribution in [0.3, 0.4) is 0 Å². The zero-order valence-corrected chi connectivity index (χ0v) is 8.93. The topological polar surface area (TPSA) is 4.93 Å². The Hall–Kier alpha value is -0.720. The molecule has 13 heavy (non-hydrogen) atoms. The number of aryl methyl sites for hydroxylation is 2. The fraction of sp³-hybridized carbons (Fsp3) is 0.667. The van der Waals surface area contributed by atoms with Crippen LogP contribution < -0.4 is 0 Å². The maximum Gasteiger partial charge on any atom is 0.0279 e. The molecular weight excluding hydrogens is 158 g/mol. The molecule has 0 fully saturated rings. The third-order valence-electron chi connectivity index (χ3n) is 3.05. The first-order valence-electron chi connectivity index (χ1n) is 5.39. The number of hydrogen-bond donors (Lipinski definition) is 0. The molecule has 1 heterocycles. The first-order valence-corrected chi connectivity index (χ1v) is 5.39. The van der Waals surface area contributed by atoms with Crippen LogP contribution >= 0.6 is 0 Å². The van der Waals surface area contributed by atoms with Crippen molar-refractivity contribution in [3.05, 3.63) is 23.0 Å². The molecule has 2 rings (SSSR count). The van der Waals surface area contributed by atoms with Gasteiger partial charge in [-0.2, -0.15) is 0 Å². The molecule has 1 aromatic rings. The second-order valence-electron chi connectivity index (χ2n) is 4.43. The Morgan fingerprint density at radius 2 is 1.92 bits per heavy atom. The molecule has 72 valence electrons. The van der Waals surface area contributed by atoms with Gasteiger partial charge in [-0.3, -0.25) is 0 Å². The smallest absolute Gasteiger partial charge is 0.0279 e. The Morgan fingerprint density at radius 1 is 1.23 bits per heavy atom. The third-order valence-corrected chi connectivity index (χ3v) is 3.05. The molecule has 0 saturated heterocycles.